The van der Waals surface area contributed by atoms with Gasteiger partial charge in [-0.2, -0.15) is 5.10 Å². The van der Waals surface area contributed by atoms with Gasteiger partial charge in [-0.25, -0.2) is 9.67 Å². The number of nitrogens with zero attached hydrogens (tertiary/aromatic N) is 4. The van der Waals surface area contributed by atoms with E-state index in [-0.39, 0.29) is 11.5 Å². The zero-order valence-electron chi connectivity index (χ0n) is 19.0. The van der Waals surface area contributed by atoms with E-state index in [0.29, 0.717) is 6.54 Å². The monoisotopic (exact) mass is 414 g/mol. The lowest BCUT2D eigenvalue weighted by Crippen LogP contribution is -2.42. The minimum atomic E-state index is -0.176. The molecule has 3 rings (SSSR count). The molecule has 0 radical (unpaired) electrons. The van der Waals surface area contributed by atoms with E-state index in [0.717, 1.165) is 60.6 Å². The molecule has 2 N–H and O–H groups in total. The van der Waals surface area contributed by atoms with Crippen molar-refractivity contribution in [2.45, 2.75) is 58.5 Å². The summed E-state index contributed by atoms with van der Waals surface area (Å²) >= 11 is 0. The highest BCUT2D eigenvalue weighted by atomic mass is 16.5. The molecule has 0 amide bonds. The van der Waals surface area contributed by atoms with Gasteiger partial charge in [0.15, 0.2) is 17.5 Å². The number of aromatic nitrogens is 3. The molecular formula is C22H34N6O2. The summed E-state index contributed by atoms with van der Waals surface area (Å²) in [5, 5.41) is 11.4. The Morgan fingerprint density at radius 3 is 2.73 bits per heavy atom. The number of aryl methyl sites for hydroxylation is 2. The van der Waals surface area contributed by atoms with Crippen LogP contribution in [0.25, 0.3) is 0 Å². The van der Waals surface area contributed by atoms with Gasteiger partial charge in [0.25, 0.3) is 0 Å². The molecule has 2 heterocycles. The van der Waals surface area contributed by atoms with Crippen LogP contribution in [0.5, 0.6) is 11.5 Å². The lowest BCUT2D eigenvalue weighted by Gasteiger charge is -2.27. The van der Waals surface area contributed by atoms with Crippen molar-refractivity contribution in [3.8, 4) is 11.5 Å². The first-order chi connectivity index (χ1) is 14.4. The van der Waals surface area contributed by atoms with E-state index < -0.39 is 0 Å². The van der Waals surface area contributed by atoms with Gasteiger partial charge in [0.2, 0.25) is 0 Å². The van der Waals surface area contributed by atoms with E-state index in [1.165, 1.54) is 0 Å². The number of benzene rings is 1. The highest BCUT2D eigenvalue weighted by Gasteiger charge is 2.26. The summed E-state index contributed by atoms with van der Waals surface area (Å²) in [5.41, 5.74) is 0.971. The molecule has 1 unspecified atom stereocenters. The summed E-state index contributed by atoms with van der Waals surface area (Å²) in [5.74, 6) is 4.06. The van der Waals surface area contributed by atoms with Gasteiger partial charge >= 0.3 is 0 Å². The summed E-state index contributed by atoms with van der Waals surface area (Å²) in [6.07, 6.45) is 2.09. The van der Waals surface area contributed by atoms with Crippen molar-refractivity contribution in [3.05, 3.63) is 35.4 Å². The van der Waals surface area contributed by atoms with Crippen molar-refractivity contribution < 1.29 is 9.47 Å². The number of aliphatic imine (C=N–C) groups is 1. The van der Waals surface area contributed by atoms with Crippen LogP contribution in [0.15, 0.2) is 23.2 Å². The third-order valence-electron chi connectivity index (χ3n) is 5.43. The summed E-state index contributed by atoms with van der Waals surface area (Å²) in [7, 11) is 3.31. The number of ether oxygens (including phenoxy) is 2. The van der Waals surface area contributed by atoms with Crippen molar-refractivity contribution >= 4 is 5.96 Å². The SMILES string of the molecule is CCNC(=NCC(C)(C)c1ccc(OC)c(OC)c1)NC1CCCn2nc(C)nc21. The van der Waals surface area contributed by atoms with Crippen LogP contribution in [-0.4, -0.2) is 48.0 Å². The zero-order valence-corrected chi connectivity index (χ0v) is 19.0. The second-order valence-corrected chi connectivity index (χ2v) is 8.23. The number of nitrogens with one attached hydrogen (secondary N) is 2. The van der Waals surface area contributed by atoms with Crippen LogP contribution in [0.1, 0.15) is 56.9 Å². The number of fused-ring (bicyclic) bond motifs is 1. The third-order valence-corrected chi connectivity index (χ3v) is 5.43. The minimum absolute atomic E-state index is 0.113. The van der Waals surface area contributed by atoms with Crippen LogP contribution >= 0.6 is 0 Å². The van der Waals surface area contributed by atoms with Crippen LogP contribution < -0.4 is 20.1 Å². The van der Waals surface area contributed by atoms with Crippen molar-refractivity contribution in [3.63, 3.8) is 0 Å². The molecule has 1 aromatic carbocycles. The van der Waals surface area contributed by atoms with Crippen LogP contribution in [0, 0.1) is 6.92 Å². The minimum Gasteiger partial charge on any atom is -0.493 e. The maximum Gasteiger partial charge on any atom is 0.191 e. The summed E-state index contributed by atoms with van der Waals surface area (Å²) in [4.78, 5) is 9.52. The Kier molecular flexibility index (Phi) is 6.84. The summed E-state index contributed by atoms with van der Waals surface area (Å²) in [6, 6.07) is 6.16. The van der Waals surface area contributed by atoms with Crippen LogP contribution in [0.3, 0.4) is 0 Å². The van der Waals surface area contributed by atoms with Crippen LogP contribution in [0.4, 0.5) is 0 Å². The predicted octanol–water partition coefficient (Wildman–Crippen LogP) is 2.97. The molecule has 2 aromatic rings. The van der Waals surface area contributed by atoms with E-state index in [1.54, 1.807) is 14.2 Å². The average Bonchev–Trinajstić information content (AvgIpc) is 3.13. The second-order valence-electron chi connectivity index (χ2n) is 8.23. The lowest BCUT2D eigenvalue weighted by molar-refractivity contribution is 0.353. The van der Waals surface area contributed by atoms with Crippen molar-refractivity contribution in [1.82, 2.24) is 25.4 Å². The number of rotatable bonds is 7. The molecule has 0 saturated carbocycles. The first-order valence-corrected chi connectivity index (χ1v) is 10.6. The van der Waals surface area contributed by atoms with E-state index in [4.69, 9.17) is 14.5 Å². The molecule has 30 heavy (non-hydrogen) atoms. The lowest BCUT2D eigenvalue weighted by atomic mass is 9.84. The van der Waals surface area contributed by atoms with Crippen molar-refractivity contribution in [2.24, 2.45) is 4.99 Å². The number of methoxy groups -OCH3 is 2. The number of guanidine groups is 1. The molecule has 0 bridgehead atoms. The molecule has 1 aliphatic heterocycles. The molecule has 0 spiro atoms. The van der Waals surface area contributed by atoms with E-state index in [2.05, 4.69) is 47.6 Å². The predicted molar refractivity (Wildman–Crippen MR) is 118 cm³/mol. The summed E-state index contributed by atoms with van der Waals surface area (Å²) in [6.45, 7) is 10.7. The maximum atomic E-state index is 5.47. The van der Waals surface area contributed by atoms with Gasteiger partial charge < -0.3 is 20.1 Å². The first-order valence-electron chi connectivity index (χ1n) is 10.6. The Bertz CT molecular complexity index is 890. The number of hydrogen-bond donors (Lipinski definition) is 2. The van der Waals surface area contributed by atoms with Crippen molar-refractivity contribution in [2.75, 3.05) is 27.3 Å². The van der Waals surface area contributed by atoms with E-state index in [1.807, 2.05) is 23.7 Å². The molecule has 8 nitrogen and oxygen atoms in total. The Morgan fingerprint density at radius 2 is 2.03 bits per heavy atom. The zero-order chi connectivity index (χ0) is 21.7. The van der Waals surface area contributed by atoms with Gasteiger partial charge in [0.05, 0.1) is 26.8 Å². The largest absolute Gasteiger partial charge is 0.493 e. The molecular weight excluding hydrogens is 380 g/mol. The van der Waals surface area contributed by atoms with Gasteiger partial charge in [-0.3, -0.25) is 4.99 Å². The van der Waals surface area contributed by atoms with Gasteiger partial charge in [-0.05, 0) is 44.4 Å². The Morgan fingerprint density at radius 1 is 1.27 bits per heavy atom. The summed E-state index contributed by atoms with van der Waals surface area (Å²) < 4.78 is 12.8. The fraction of sp³-hybridized carbons (Fsp3) is 0.591. The highest BCUT2D eigenvalue weighted by Crippen LogP contribution is 2.33. The van der Waals surface area contributed by atoms with Gasteiger partial charge in [-0.15, -0.1) is 0 Å². The van der Waals surface area contributed by atoms with Gasteiger partial charge in [-0.1, -0.05) is 19.9 Å². The van der Waals surface area contributed by atoms with E-state index >= 15 is 0 Å². The van der Waals surface area contributed by atoms with Crippen LogP contribution in [-0.2, 0) is 12.0 Å². The van der Waals surface area contributed by atoms with Crippen LogP contribution in [0.2, 0.25) is 0 Å². The van der Waals surface area contributed by atoms with E-state index in [9.17, 15) is 0 Å². The topological polar surface area (TPSA) is 85.6 Å². The average molecular weight is 415 g/mol. The third kappa shape index (κ3) is 4.86. The standard InChI is InChI=1S/C22H34N6O2/c1-7-23-21(26-17-9-8-12-28-20(17)25-15(2)27-28)24-14-22(3,4)16-10-11-18(29-5)19(13-16)30-6/h10-11,13,17H,7-9,12,14H2,1-6H3,(H2,23,24,26). The maximum absolute atomic E-state index is 5.47. The highest BCUT2D eigenvalue weighted by molar-refractivity contribution is 5.80. The molecule has 1 atom stereocenters. The fourth-order valence-electron chi connectivity index (χ4n) is 3.72. The molecule has 1 aromatic heterocycles. The Labute approximate surface area is 179 Å². The molecule has 8 heteroatoms. The quantitative estimate of drug-likeness (QED) is 0.535. The van der Waals surface area contributed by atoms with Gasteiger partial charge in [0, 0.05) is 18.5 Å². The first kappa shape index (κ1) is 21.9. The molecule has 164 valence electrons. The van der Waals surface area contributed by atoms with Gasteiger partial charge in [0.1, 0.15) is 11.6 Å². The smallest absolute Gasteiger partial charge is 0.191 e. The Hall–Kier alpha value is -2.77. The second kappa shape index (κ2) is 9.36. The molecule has 1 aliphatic rings. The fourth-order valence-corrected chi connectivity index (χ4v) is 3.72. The normalized spacial score (nSPS) is 16.7. The number of hydrogen-bond acceptors (Lipinski definition) is 5. The van der Waals surface area contributed by atoms with Crippen molar-refractivity contribution in [1.29, 1.82) is 0 Å². The molecule has 0 aliphatic carbocycles. The Balaban J connectivity index is 1.77. The molecule has 0 saturated heterocycles. The molecule has 0 fully saturated rings.